The third-order valence-corrected chi connectivity index (χ3v) is 4.20. The lowest BCUT2D eigenvalue weighted by Gasteiger charge is -2.30. The van der Waals surface area contributed by atoms with Crippen LogP contribution in [0.2, 0.25) is 0 Å². The lowest BCUT2D eigenvalue weighted by molar-refractivity contribution is -0.133. The fraction of sp³-hybridized carbons (Fsp3) is 0.933. The minimum Gasteiger partial charge on any atom is -0.323 e. The van der Waals surface area contributed by atoms with Crippen LogP contribution in [0.3, 0.4) is 0 Å². The summed E-state index contributed by atoms with van der Waals surface area (Å²) in [6, 6.07) is 0.357. The highest BCUT2D eigenvalue weighted by molar-refractivity contribution is 5.85. The predicted octanol–water partition coefficient (Wildman–Crippen LogP) is 3.00. The molecular formula is C15H30N2O. The van der Waals surface area contributed by atoms with Crippen molar-refractivity contribution in [2.45, 2.75) is 79.1 Å². The van der Waals surface area contributed by atoms with Crippen molar-refractivity contribution in [3.63, 3.8) is 0 Å². The zero-order valence-corrected chi connectivity index (χ0v) is 12.9. The molecule has 4 unspecified atom stereocenters. The third-order valence-electron chi connectivity index (χ3n) is 4.20. The Morgan fingerprint density at radius 1 is 1.17 bits per heavy atom. The van der Waals surface area contributed by atoms with Gasteiger partial charge in [-0.3, -0.25) is 10.1 Å². The lowest BCUT2D eigenvalue weighted by Crippen LogP contribution is -2.43. The predicted molar refractivity (Wildman–Crippen MR) is 76.2 cm³/mol. The molecule has 18 heavy (non-hydrogen) atoms. The van der Waals surface area contributed by atoms with E-state index in [0.717, 1.165) is 19.3 Å². The summed E-state index contributed by atoms with van der Waals surface area (Å²) in [6.45, 7) is 13.1. The van der Waals surface area contributed by atoms with E-state index in [1.807, 2.05) is 0 Å². The van der Waals surface area contributed by atoms with Gasteiger partial charge in [0, 0.05) is 6.04 Å². The maximum atomic E-state index is 12.6. The summed E-state index contributed by atoms with van der Waals surface area (Å²) in [7, 11) is 0. The quantitative estimate of drug-likeness (QED) is 0.790. The average Bonchev–Trinajstić information content (AvgIpc) is 2.63. The summed E-state index contributed by atoms with van der Waals surface area (Å²) >= 11 is 0. The van der Waals surface area contributed by atoms with Gasteiger partial charge in [-0.25, -0.2) is 0 Å². The number of hydrogen-bond acceptors (Lipinski definition) is 2. The van der Waals surface area contributed by atoms with Crippen LogP contribution in [0.4, 0.5) is 0 Å². The van der Waals surface area contributed by atoms with Crippen LogP contribution in [0.25, 0.3) is 0 Å². The number of amides is 1. The summed E-state index contributed by atoms with van der Waals surface area (Å²) < 4.78 is 0. The summed E-state index contributed by atoms with van der Waals surface area (Å²) in [4.78, 5) is 14.7. The monoisotopic (exact) mass is 254 g/mol. The zero-order chi connectivity index (χ0) is 13.9. The molecule has 0 aromatic heterocycles. The Morgan fingerprint density at radius 2 is 1.78 bits per heavy atom. The van der Waals surface area contributed by atoms with Gasteiger partial charge in [0.25, 0.3) is 0 Å². The number of nitrogens with one attached hydrogen (secondary N) is 1. The second-order valence-electron chi connectivity index (χ2n) is 6.18. The molecule has 0 aromatic rings. The van der Waals surface area contributed by atoms with Crippen LogP contribution in [0.15, 0.2) is 0 Å². The molecule has 0 aromatic carbocycles. The molecule has 106 valence electrons. The van der Waals surface area contributed by atoms with Crippen molar-refractivity contribution in [1.82, 2.24) is 10.2 Å². The largest absolute Gasteiger partial charge is 0.323 e. The zero-order valence-electron chi connectivity index (χ0n) is 12.9. The molecule has 1 aliphatic rings. The van der Waals surface area contributed by atoms with E-state index < -0.39 is 0 Å². The van der Waals surface area contributed by atoms with Gasteiger partial charge in [-0.05, 0) is 31.6 Å². The van der Waals surface area contributed by atoms with E-state index in [-0.39, 0.29) is 12.2 Å². The van der Waals surface area contributed by atoms with Gasteiger partial charge in [0.05, 0.1) is 12.2 Å². The van der Waals surface area contributed by atoms with Gasteiger partial charge in [-0.1, -0.05) is 41.0 Å². The molecule has 1 rings (SSSR count). The first-order chi connectivity index (χ1) is 8.42. The SMILES string of the molecule is CCC(C)C1NC(CC(C)C)N(C(C)CC)C1=O. The normalized spacial score (nSPS) is 27.9. The minimum absolute atomic E-state index is 0.0211. The molecule has 1 N–H and O–H groups in total. The van der Waals surface area contributed by atoms with Gasteiger partial charge in [0.1, 0.15) is 0 Å². The molecule has 1 fully saturated rings. The molecule has 3 heteroatoms. The molecule has 1 amide bonds. The Labute approximate surface area is 112 Å². The van der Waals surface area contributed by atoms with Crippen molar-refractivity contribution in [3.05, 3.63) is 0 Å². The van der Waals surface area contributed by atoms with E-state index in [0.29, 0.717) is 23.8 Å². The molecule has 1 heterocycles. The number of hydrogen-bond donors (Lipinski definition) is 1. The molecular weight excluding hydrogens is 224 g/mol. The molecule has 0 saturated carbocycles. The van der Waals surface area contributed by atoms with Crippen molar-refractivity contribution >= 4 is 5.91 Å². The lowest BCUT2D eigenvalue weighted by atomic mass is 9.99. The van der Waals surface area contributed by atoms with E-state index in [1.54, 1.807) is 0 Å². The molecule has 0 aliphatic carbocycles. The highest BCUT2D eigenvalue weighted by Crippen LogP contribution is 2.25. The van der Waals surface area contributed by atoms with Crippen molar-refractivity contribution < 1.29 is 4.79 Å². The first-order valence-corrected chi connectivity index (χ1v) is 7.50. The van der Waals surface area contributed by atoms with Crippen LogP contribution in [-0.4, -0.2) is 29.1 Å². The Morgan fingerprint density at radius 3 is 2.22 bits per heavy atom. The Balaban J connectivity index is 2.85. The fourth-order valence-electron chi connectivity index (χ4n) is 2.67. The maximum absolute atomic E-state index is 12.6. The highest BCUT2D eigenvalue weighted by atomic mass is 16.2. The Hall–Kier alpha value is -0.570. The number of carbonyl (C=O) groups excluding carboxylic acids is 1. The fourth-order valence-corrected chi connectivity index (χ4v) is 2.67. The van der Waals surface area contributed by atoms with E-state index in [9.17, 15) is 4.79 Å². The van der Waals surface area contributed by atoms with E-state index in [4.69, 9.17) is 0 Å². The van der Waals surface area contributed by atoms with Crippen LogP contribution in [0.1, 0.15) is 60.8 Å². The molecule has 3 nitrogen and oxygen atoms in total. The average molecular weight is 254 g/mol. The maximum Gasteiger partial charge on any atom is 0.241 e. The van der Waals surface area contributed by atoms with Crippen LogP contribution in [0, 0.1) is 11.8 Å². The number of nitrogens with zero attached hydrogens (tertiary/aromatic N) is 1. The van der Waals surface area contributed by atoms with Crippen molar-refractivity contribution in [2.24, 2.45) is 11.8 Å². The van der Waals surface area contributed by atoms with E-state index in [2.05, 4.69) is 51.8 Å². The molecule has 0 spiro atoms. The first-order valence-electron chi connectivity index (χ1n) is 7.50. The smallest absolute Gasteiger partial charge is 0.241 e. The highest BCUT2D eigenvalue weighted by Gasteiger charge is 2.42. The van der Waals surface area contributed by atoms with Gasteiger partial charge < -0.3 is 4.90 Å². The topological polar surface area (TPSA) is 32.3 Å². The van der Waals surface area contributed by atoms with Gasteiger partial charge >= 0.3 is 0 Å². The van der Waals surface area contributed by atoms with Crippen LogP contribution in [-0.2, 0) is 4.79 Å². The minimum atomic E-state index is 0.0211. The molecule has 0 bridgehead atoms. The number of carbonyl (C=O) groups is 1. The van der Waals surface area contributed by atoms with Crippen LogP contribution >= 0.6 is 0 Å². The molecule has 4 atom stereocenters. The second kappa shape index (κ2) is 6.55. The van der Waals surface area contributed by atoms with Crippen molar-refractivity contribution in [2.75, 3.05) is 0 Å². The van der Waals surface area contributed by atoms with Crippen molar-refractivity contribution in [1.29, 1.82) is 0 Å². The van der Waals surface area contributed by atoms with E-state index >= 15 is 0 Å². The number of rotatable bonds is 6. The summed E-state index contributed by atoms with van der Waals surface area (Å²) in [5.41, 5.74) is 0. The van der Waals surface area contributed by atoms with Crippen molar-refractivity contribution in [3.8, 4) is 0 Å². The molecule has 0 radical (unpaired) electrons. The molecule has 1 saturated heterocycles. The second-order valence-corrected chi connectivity index (χ2v) is 6.18. The van der Waals surface area contributed by atoms with Crippen LogP contribution < -0.4 is 5.32 Å². The molecule has 1 aliphatic heterocycles. The summed E-state index contributed by atoms with van der Waals surface area (Å²) in [6.07, 6.45) is 3.34. The Bertz CT molecular complexity index is 278. The van der Waals surface area contributed by atoms with Gasteiger partial charge in [-0.15, -0.1) is 0 Å². The Kier molecular flexibility index (Phi) is 5.64. The summed E-state index contributed by atoms with van der Waals surface area (Å²) in [5, 5.41) is 3.56. The summed E-state index contributed by atoms with van der Waals surface area (Å²) in [5.74, 6) is 1.34. The first kappa shape index (κ1) is 15.5. The van der Waals surface area contributed by atoms with Crippen LogP contribution in [0.5, 0.6) is 0 Å². The van der Waals surface area contributed by atoms with Gasteiger partial charge in [0.2, 0.25) is 5.91 Å². The standard InChI is InChI=1S/C15H30N2O/c1-7-11(5)14-15(18)17(12(6)8-2)13(16-14)9-10(3)4/h10-14,16H,7-9H2,1-6H3. The van der Waals surface area contributed by atoms with E-state index in [1.165, 1.54) is 0 Å². The van der Waals surface area contributed by atoms with Gasteiger partial charge in [-0.2, -0.15) is 0 Å². The van der Waals surface area contributed by atoms with Gasteiger partial charge in [0.15, 0.2) is 0 Å². The third kappa shape index (κ3) is 3.25.